The number of alkyl halides is 6. The molecule has 170 valence electrons. The van der Waals surface area contributed by atoms with Crippen LogP contribution in [0.2, 0.25) is 0 Å². The summed E-state index contributed by atoms with van der Waals surface area (Å²) in [6.07, 6.45) is -11.4. The Morgan fingerprint density at radius 1 is 1.03 bits per heavy atom. The molecular formula is C15H13F6N5O3S2. The molecular weight excluding hydrogens is 476 g/mol. The first-order valence-corrected chi connectivity index (χ1v) is 10.0. The number of nitro groups is 1. The quantitative estimate of drug-likeness (QED) is 0.295. The summed E-state index contributed by atoms with van der Waals surface area (Å²) in [5, 5.41) is 20.1. The van der Waals surface area contributed by atoms with Crippen LogP contribution in [0.4, 0.5) is 37.3 Å². The lowest BCUT2D eigenvalue weighted by molar-refractivity contribution is -0.380. The maximum Gasteiger partial charge on any atom is 0.430 e. The van der Waals surface area contributed by atoms with Crippen molar-refractivity contribution < 1.29 is 36.4 Å². The topological polar surface area (TPSA) is 95.6 Å². The first kappa shape index (κ1) is 23.5. The van der Waals surface area contributed by atoms with Crippen LogP contribution in [0.5, 0.6) is 0 Å². The average molecular weight is 489 g/mol. The predicted molar refractivity (Wildman–Crippen MR) is 98.7 cm³/mol. The molecule has 3 heterocycles. The SMILES string of the molecule is O=[N+]([O-])c1ccc(SN2CCN(c3ncc(C(O)(C(F)(F)F)C(F)(F)F)cn3)CC2)s1. The van der Waals surface area contributed by atoms with Gasteiger partial charge in [-0.25, -0.2) is 14.3 Å². The largest absolute Gasteiger partial charge is 0.430 e. The van der Waals surface area contributed by atoms with Gasteiger partial charge in [-0.2, -0.15) is 26.3 Å². The monoisotopic (exact) mass is 489 g/mol. The number of rotatable bonds is 5. The van der Waals surface area contributed by atoms with E-state index in [-0.39, 0.29) is 10.9 Å². The lowest BCUT2D eigenvalue weighted by Gasteiger charge is -2.34. The molecule has 8 nitrogen and oxygen atoms in total. The molecule has 1 saturated heterocycles. The van der Waals surface area contributed by atoms with Gasteiger partial charge in [0, 0.05) is 50.2 Å². The molecule has 2 aromatic heterocycles. The fourth-order valence-corrected chi connectivity index (χ4v) is 4.73. The standard InChI is InChI=1S/C15H13F6N5O3S2/c16-14(17,18)13(27,15(19,20)21)9-7-22-12(23-8-9)24-3-5-25(6-4-24)31-11-2-1-10(30-11)26(28)29/h1-2,7-8,27H,3-6H2. The van der Waals surface area contributed by atoms with Crippen LogP contribution in [0, 0.1) is 10.1 Å². The van der Waals surface area contributed by atoms with E-state index in [1.54, 1.807) is 11.0 Å². The second kappa shape index (κ2) is 8.40. The van der Waals surface area contributed by atoms with Crippen LogP contribution in [-0.2, 0) is 5.60 Å². The van der Waals surface area contributed by atoms with Crippen LogP contribution in [0.15, 0.2) is 28.7 Å². The number of aromatic nitrogens is 2. The summed E-state index contributed by atoms with van der Waals surface area (Å²) >= 11 is 2.32. The van der Waals surface area contributed by atoms with Gasteiger partial charge in [-0.05, 0) is 18.0 Å². The van der Waals surface area contributed by atoms with Crippen molar-refractivity contribution in [3.05, 3.63) is 40.2 Å². The Morgan fingerprint density at radius 2 is 1.58 bits per heavy atom. The van der Waals surface area contributed by atoms with Crippen LogP contribution in [0.1, 0.15) is 5.56 Å². The van der Waals surface area contributed by atoms with E-state index in [9.17, 15) is 41.6 Å². The highest BCUT2D eigenvalue weighted by Crippen LogP contribution is 2.49. The Hall–Kier alpha value is -2.17. The molecule has 16 heteroatoms. The Bertz CT molecular complexity index is 914. The third-order valence-corrected chi connectivity index (χ3v) is 6.61. The highest BCUT2D eigenvalue weighted by atomic mass is 32.2. The Kier molecular flexibility index (Phi) is 6.37. The smallest absolute Gasteiger partial charge is 0.369 e. The third kappa shape index (κ3) is 4.70. The highest BCUT2D eigenvalue weighted by Gasteiger charge is 2.71. The van der Waals surface area contributed by atoms with E-state index in [0.29, 0.717) is 42.8 Å². The molecule has 0 unspecified atom stereocenters. The van der Waals surface area contributed by atoms with Crippen molar-refractivity contribution in [2.45, 2.75) is 22.2 Å². The summed E-state index contributed by atoms with van der Waals surface area (Å²) < 4.78 is 80.2. The first-order valence-electron chi connectivity index (χ1n) is 8.43. The molecule has 2 aromatic rings. The zero-order valence-corrected chi connectivity index (χ0v) is 16.9. The van der Waals surface area contributed by atoms with Crippen molar-refractivity contribution in [2.24, 2.45) is 0 Å². The molecule has 31 heavy (non-hydrogen) atoms. The van der Waals surface area contributed by atoms with Gasteiger partial charge in [-0.15, -0.1) is 0 Å². The molecule has 1 aliphatic heterocycles. The number of hydrogen-bond donors (Lipinski definition) is 1. The second-order valence-electron chi connectivity index (χ2n) is 6.33. The number of thiophene rings is 1. The second-order valence-corrected chi connectivity index (χ2v) is 8.79. The maximum atomic E-state index is 12.9. The number of piperazine rings is 1. The van der Waals surface area contributed by atoms with E-state index < -0.39 is 28.4 Å². The average Bonchev–Trinajstić information content (AvgIpc) is 3.15. The van der Waals surface area contributed by atoms with Crippen molar-refractivity contribution >= 4 is 34.2 Å². The van der Waals surface area contributed by atoms with E-state index in [4.69, 9.17) is 0 Å². The molecule has 0 aromatic carbocycles. The van der Waals surface area contributed by atoms with Crippen molar-refractivity contribution in [1.29, 1.82) is 0 Å². The third-order valence-electron chi connectivity index (χ3n) is 4.36. The van der Waals surface area contributed by atoms with Gasteiger partial charge in [0.25, 0.3) is 5.60 Å². The van der Waals surface area contributed by atoms with Gasteiger partial charge in [0.05, 0.1) is 9.13 Å². The fourth-order valence-electron chi connectivity index (χ4n) is 2.72. The summed E-state index contributed by atoms with van der Waals surface area (Å²) in [7, 11) is 0. The summed E-state index contributed by atoms with van der Waals surface area (Å²) in [6, 6.07) is 3.01. The van der Waals surface area contributed by atoms with Crippen LogP contribution >= 0.6 is 23.3 Å². The van der Waals surface area contributed by atoms with Gasteiger partial charge in [0.1, 0.15) is 0 Å². The van der Waals surface area contributed by atoms with Crippen molar-refractivity contribution in [3.63, 3.8) is 0 Å². The molecule has 3 rings (SSSR count). The zero-order valence-electron chi connectivity index (χ0n) is 15.2. The number of anilines is 1. The van der Waals surface area contributed by atoms with Gasteiger partial charge in [-0.3, -0.25) is 10.1 Å². The molecule has 1 aliphatic rings. The van der Waals surface area contributed by atoms with Crippen LogP contribution < -0.4 is 4.90 Å². The number of aliphatic hydroxyl groups is 1. The van der Waals surface area contributed by atoms with E-state index >= 15 is 0 Å². The highest BCUT2D eigenvalue weighted by molar-refractivity contribution is 7.99. The molecule has 1 fully saturated rings. The Labute approximate surface area is 178 Å². The minimum Gasteiger partial charge on any atom is -0.369 e. The number of nitrogens with zero attached hydrogens (tertiary/aromatic N) is 5. The maximum absolute atomic E-state index is 12.9. The lowest BCUT2D eigenvalue weighted by Crippen LogP contribution is -2.54. The molecule has 0 radical (unpaired) electrons. The van der Waals surface area contributed by atoms with Gasteiger partial charge >= 0.3 is 17.4 Å². The molecule has 1 N–H and O–H groups in total. The van der Waals surface area contributed by atoms with Crippen molar-refractivity contribution in [2.75, 3.05) is 31.1 Å². The molecule has 0 saturated carbocycles. The summed E-state index contributed by atoms with van der Waals surface area (Å²) in [5.41, 5.74) is -6.60. The van der Waals surface area contributed by atoms with Crippen LogP contribution in [0.3, 0.4) is 0 Å². The Balaban J connectivity index is 1.65. The fraction of sp³-hybridized carbons (Fsp3) is 0.467. The summed E-state index contributed by atoms with van der Waals surface area (Å²) in [6.45, 7) is 1.53. The summed E-state index contributed by atoms with van der Waals surface area (Å²) in [5.74, 6) is -0.0770. The molecule has 0 bridgehead atoms. The lowest BCUT2D eigenvalue weighted by atomic mass is 9.95. The van der Waals surface area contributed by atoms with E-state index in [1.165, 1.54) is 18.0 Å². The normalized spacial score (nSPS) is 16.5. The molecule has 0 atom stereocenters. The molecule has 0 amide bonds. The Morgan fingerprint density at radius 3 is 2.03 bits per heavy atom. The van der Waals surface area contributed by atoms with E-state index in [0.717, 1.165) is 11.3 Å². The minimum atomic E-state index is -6.00. The molecule has 0 spiro atoms. The van der Waals surface area contributed by atoms with E-state index in [2.05, 4.69) is 9.97 Å². The molecule has 0 aliphatic carbocycles. The van der Waals surface area contributed by atoms with E-state index in [1.807, 2.05) is 4.31 Å². The van der Waals surface area contributed by atoms with Gasteiger partial charge in [0.15, 0.2) is 0 Å². The zero-order chi connectivity index (χ0) is 23.0. The van der Waals surface area contributed by atoms with Crippen LogP contribution in [0.25, 0.3) is 0 Å². The van der Waals surface area contributed by atoms with Gasteiger partial charge < -0.3 is 10.0 Å². The number of hydrogen-bond acceptors (Lipinski definition) is 9. The predicted octanol–water partition coefficient (Wildman–Crippen LogP) is 3.59. The minimum absolute atomic E-state index is 0.00676. The number of halogens is 6. The summed E-state index contributed by atoms with van der Waals surface area (Å²) in [4.78, 5) is 19.0. The van der Waals surface area contributed by atoms with Gasteiger partial charge in [0.2, 0.25) is 5.95 Å². The van der Waals surface area contributed by atoms with Crippen molar-refractivity contribution in [1.82, 2.24) is 14.3 Å². The van der Waals surface area contributed by atoms with Crippen molar-refractivity contribution in [3.8, 4) is 0 Å². The first-order chi connectivity index (χ1) is 14.3. The van der Waals surface area contributed by atoms with Crippen LogP contribution in [-0.4, -0.2) is 62.8 Å². The van der Waals surface area contributed by atoms with Gasteiger partial charge in [-0.1, -0.05) is 11.3 Å².